The van der Waals surface area contributed by atoms with E-state index in [0.29, 0.717) is 17.1 Å². The number of likely N-dealkylation sites (N-methyl/N-ethyl adjacent to an activating group) is 1. The summed E-state index contributed by atoms with van der Waals surface area (Å²) >= 11 is 6.02. The van der Waals surface area contributed by atoms with Gasteiger partial charge in [-0.2, -0.15) is 0 Å². The van der Waals surface area contributed by atoms with Crippen LogP contribution >= 0.6 is 11.6 Å². The maximum atomic E-state index is 13.0. The lowest BCUT2D eigenvalue weighted by Gasteiger charge is -2.35. The molecule has 134 valence electrons. The number of rotatable bonds is 6. The van der Waals surface area contributed by atoms with Crippen LogP contribution in [0.15, 0.2) is 24.3 Å². The van der Waals surface area contributed by atoms with Crippen molar-refractivity contribution in [3.8, 4) is 0 Å². The summed E-state index contributed by atoms with van der Waals surface area (Å²) in [6.07, 6.45) is 5.71. The van der Waals surface area contributed by atoms with Gasteiger partial charge in [-0.15, -0.1) is 0 Å². The third kappa shape index (κ3) is 4.22. The van der Waals surface area contributed by atoms with E-state index < -0.39 is 16.1 Å². The fraction of sp³-hybridized carbons (Fsp3) is 0.588. The van der Waals surface area contributed by atoms with Crippen molar-refractivity contribution in [3.63, 3.8) is 0 Å². The van der Waals surface area contributed by atoms with Gasteiger partial charge in [0, 0.05) is 18.1 Å². The summed E-state index contributed by atoms with van der Waals surface area (Å²) in [5, 5.41) is 0.438. The fourth-order valence-electron chi connectivity index (χ4n) is 3.36. The van der Waals surface area contributed by atoms with Crippen LogP contribution in [0.5, 0.6) is 0 Å². The van der Waals surface area contributed by atoms with E-state index in [4.69, 9.17) is 11.6 Å². The van der Waals surface area contributed by atoms with Crippen LogP contribution in [0.25, 0.3) is 0 Å². The van der Waals surface area contributed by atoms with Crippen molar-refractivity contribution in [1.82, 2.24) is 4.90 Å². The number of hydrogen-bond donors (Lipinski definition) is 0. The van der Waals surface area contributed by atoms with Crippen LogP contribution in [0.1, 0.15) is 39.0 Å². The summed E-state index contributed by atoms with van der Waals surface area (Å²) in [7, 11) is -1.84. The molecule has 1 atom stereocenters. The minimum absolute atomic E-state index is 0.158. The second kappa shape index (κ2) is 7.74. The SMILES string of the molecule is CC[C@@H](C(=O)N(C)C1CCCC1)N(c1cccc(Cl)c1)S(C)(=O)=O. The van der Waals surface area contributed by atoms with Crippen molar-refractivity contribution in [2.45, 2.75) is 51.1 Å². The van der Waals surface area contributed by atoms with E-state index in [2.05, 4.69) is 0 Å². The third-order valence-electron chi connectivity index (χ3n) is 4.59. The zero-order valence-corrected chi connectivity index (χ0v) is 16.0. The first-order valence-electron chi connectivity index (χ1n) is 8.27. The van der Waals surface area contributed by atoms with Crippen molar-refractivity contribution >= 4 is 33.2 Å². The molecule has 0 radical (unpaired) electrons. The van der Waals surface area contributed by atoms with E-state index in [0.717, 1.165) is 31.9 Å². The first kappa shape index (κ1) is 19.1. The zero-order chi connectivity index (χ0) is 17.9. The second-order valence-electron chi connectivity index (χ2n) is 6.35. The number of sulfonamides is 1. The van der Waals surface area contributed by atoms with Crippen LogP contribution in [0, 0.1) is 0 Å². The first-order valence-corrected chi connectivity index (χ1v) is 10.5. The number of anilines is 1. The lowest BCUT2D eigenvalue weighted by atomic mass is 10.1. The molecule has 5 nitrogen and oxygen atoms in total. The molecule has 0 bridgehead atoms. The van der Waals surface area contributed by atoms with Crippen molar-refractivity contribution in [2.24, 2.45) is 0 Å². The highest BCUT2D eigenvalue weighted by Crippen LogP contribution is 2.28. The van der Waals surface area contributed by atoms with Gasteiger partial charge in [0.1, 0.15) is 6.04 Å². The van der Waals surface area contributed by atoms with Gasteiger partial charge >= 0.3 is 0 Å². The van der Waals surface area contributed by atoms with Gasteiger partial charge in [-0.05, 0) is 37.5 Å². The predicted octanol–water partition coefficient (Wildman–Crippen LogP) is 3.29. The number of nitrogens with zero attached hydrogens (tertiary/aromatic N) is 2. The fourth-order valence-corrected chi connectivity index (χ4v) is 4.75. The number of hydrogen-bond acceptors (Lipinski definition) is 3. The average molecular weight is 373 g/mol. The Morgan fingerprint density at radius 2 is 1.96 bits per heavy atom. The van der Waals surface area contributed by atoms with Gasteiger partial charge in [0.15, 0.2) is 0 Å². The molecule has 1 amide bonds. The Morgan fingerprint density at radius 1 is 1.33 bits per heavy atom. The predicted molar refractivity (Wildman–Crippen MR) is 97.9 cm³/mol. The topological polar surface area (TPSA) is 57.7 Å². The number of carbonyl (C=O) groups is 1. The highest BCUT2D eigenvalue weighted by Gasteiger charge is 2.35. The Balaban J connectivity index is 2.37. The first-order chi connectivity index (χ1) is 11.3. The molecule has 0 spiro atoms. The minimum atomic E-state index is -3.62. The van der Waals surface area contributed by atoms with Crippen LogP contribution in [-0.2, 0) is 14.8 Å². The van der Waals surface area contributed by atoms with Gasteiger partial charge in [-0.3, -0.25) is 9.10 Å². The van der Waals surface area contributed by atoms with Crippen LogP contribution < -0.4 is 4.31 Å². The normalized spacial score (nSPS) is 16.8. The molecule has 24 heavy (non-hydrogen) atoms. The van der Waals surface area contributed by atoms with Gasteiger partial charge in [0.25, 0.3) is 0 Å². The summed E-state index contributed by atoms with van der Waals surface area (Å²) in [4.78, 5) is 14.7. The van der Waals surface area contributed by atoms with Crippen LogP contribution in [0.2, 0.25) is 5.02 Å². The van der Waals surface area contributed by atoms with Crippen LogP contribution in [-0.4, -0.2) is 44.6 Å². The largest absolute Gasteiger partial charge is 0.341 e. The Bertz CT molecular complexity index is 687. The maximum absolute atomic E-state index is 13.0. The molecule has 1 aromatic carbocycles. The lowest BCUT2D eigenvalue weighted by molar-refractivity contribution is -0.133. The van der Waals surface area contributed by atoms with E-state index >= 15 is 0 Å². The van der Waals surface area contributed by atoms with Gasteiger partial charge < -0.3 is 4.90 Å². The molecule has 0 N–H and O–H groups in total. The van der Waals surface area contributed by atoms with Crippen molar-refractivity contribution in [1.29, 1.82) is 0 Å². The van der Waals surface area contributed by atoms with Gasteiger partial charge in [-0.25, -0.2) is 8.42 Å². The van der Waals surface area contributed by atoms with Gasteiger partial charge in [-0.1, -0.05) is 37.4 Å². The molecule has 1 saturated carbocycles. The average Bonchev–Trinajstić information content (AvgIpc) is 3.04. The molecule has 2 rings (SSSR count). The summed E-state index contributed by atoms with van der Waals surface area (Å²) in [5.74, 6) is -0.158. The quantitative estimate of drug-likeness (QED) is 0.769. The van der Waals surface area contributed by atoms with Crippen LogP contribution in [0.3, 0.4) is 0 Å². The Hall–Kier alpha value is -1.27. The summed E-state index contributed by atoms with van der Waals surface area (Å²) < 4.78 is 26.0. The molecule has 0 heterocycles. The molecule has 1 aromatic rings. The molecular formula is C17H25ClN2O3S. The molecule has 0 aliphatic heterocycles. The van der Waals surface area contributed by atoms with Crippen molar-refractivity contribution in [3.05, 3.63) is 29.3 Å². The molecule has 0 unspecified atom stereocenters. The number of amides is 1. The van der Waals surface area contributed by atoms with E-state index in [9.17, 15) is 13.2 Å². The highest BCUT2D eigenvalue weighted by molar-refractivity contribution is 7.92. The van der Waals surface area contributed by atoms with E-state index in [-0.39, 0.29) is 11.9 Å². The Labute approximate surface area is 149 Å². The monoisotopic (exact) mass is 372 g/mol. The van der Waals surface area contributed by atoms with Crippen molar-refractivity contribution in [2.75, 3.05) is 17.6 Å². The zero-order valence-electron chi connectivity index (χ0n) is 14.4. The third-order valence-corrected chi connectivity index (χ3v) is 6.01. The molecule has 0 saturated heterocycles. The smallest absolute Gasteiger partial charge is 0.246 e. The standard InChI is InChI=1S/C17H25ClN2O3S/c1-4-16(17(21)19(2)14-9-5-6-10-14)20(24(3,22)23)15-11-7-8-13(18)12-15/h7-8,11-12,14,16H,4-6,9-10H2,1-3H3/t16-/m0/s1. The number of benzene rings is 1. The molecule has 1 aliphatic carbocycles. The number of carbonyl (C=O) groups excluding carboxylic acids is 1. The molecule has 1 fully saturated rings. The highest BCUT2D eigenvalue weighted by atomic mass is 35.5. The van der Waals surface area contributed by atoms with E-state index in [1.807, 2.05) is 6.92 Å². The summed E-state index contributed by atoms with van der Waals surface area (Å²) in [6, 6.07) is 6.05. The van der Waals surface area contributed by atoms with Crippen LogP contribution in [0.4, 0.5) is 5.69 Å². The minimum Gasteiger partial charge on any atom is -0.341 e. The molecule has 7 heteroatoms. The number of halogens is 1. The van der Waals surface area contributed by atoms with Crippen molar-refractivity contribution < 1.29 is 13.2 Å². The second-order valence-corrected chi connectivity index (χ2v) is 8.65. The van der Waals surface area contributed by atoms with E-state index in [1.54, 1.807) is 36.2 Å². The van der Waals surface area contributed by atoms with E-state index in [1.165, 1.54) is 4.31 Å². The summed E-state index contributed by atoms with van der Waals surface area (Å²) in [6.45, 7) is 1.83. The lowest BCUT2D eigenvalue weighted by Crippen LogP contribution is -2.51. The Kier molecular flexibility index (Phi) is 6.15. The van der Waals surface area contributed by atoms with Gasteiger partial charge in [0.05, 0.1) is 11.9 Å². The maximum Gasteiger partial charge on any atom is 0.246 e. The molecular weight excluding hydrogens is 348 g/mol. The Morgan fingerprint density at radius 3 is 2.46 bits per heavy atom. The summed E-state index contributed by atoms with van der Waals surface area (Å²) in [5.41, 5.74) is 0.421. The van der Waals surface area contributed by atoms with Gasteiger partial charge in [0.2, 0.25) is 15.9 Å². The molecule has 0 aromatic heterocycles. The molecule has 1 aliphatic rings.